The summed E-state index contributed by atoms with van der Waals surface area (Å²) in [6.45, 7) is 1.17. The van der Waals surface area contributed by atoms with Crippen LogP contribution in [0.4, 0.5) is 0 Å². The van der Waals surface area contributed by atoms with Gasteiger partial charge in [-0.1, -0.05) is 0 Å². The summed E-state index contributed by atoms with van der Waals surface area (Å²) in [5.41, 5.74) is 4.56. The van der Waals surface area contributed by atoms with Crippen LogP contribution < -0.4 is 4.74 Å². The minimum absolute atomic E-state index is 0.303. The third-order valence-corrected chi connectivity index (χ3v) is 3.14. The molecule has 2 rings (SSSR count). The van der Waals surface area contributed by atoms with E-state index in [2.05, 4.69) is 5.63 Å². The molecule has 0 unspecified atom stereocenters. The number of carbonyl (C=O) groups is 1. The Morgan fingerprint density at radius 1 is 1.47 bits per heavy atom. The first-order valence-corrected chi connectivity index (χ1v) is 6.09. The van der Waals surface area contributed by atoms with Crippen LogP contribution in [0.2, 0.25) is 0 Å². The average molecular weight is 249 g/mol. The van der Waals surface area contributed by atoms with E-state index in [0.717, 1.165) is 17.7 Å². The predicted molar refractivity (Wildman–Crippen MR) is 63.6 cm³/mol. The predicted octanol–water partition coefficient (Wildman–Crippen LogP) is 1.83. The molecule has 4 nitrogen and oxygen atoms in total. The molecule has 1 aliphatic rings. The van der Waals surface area contributed by atoms with E-state index in [1.165, 1.54) is 5.56 Å². The topological polar surface area (TPSA) is 46.6 Å². The first-order valence-electron chi connectivity index (χ1n) is 5.27. The minimum atomic E-state index is -0.359. The molecule has 1 heterocycles. The Balaban J connectivity index is 2.21. The van der Waals surface area contributed by atoms with Gasteiger partial charge in [-0.05, 0) is 0 Å². The first kappa shape index (κ1) is 12.0. The third kappa shape index (κ3) is 2.60. The summed E-state index contributed by atoms with van der Waals surface area (Å²) >= 11 is 0. The van der Waals surface area contributed by atoms with Gasteiger partial charge in [0.2, 0.25) is 0 Å². The van der Waals surface area contributed by atoms with Crippen molar-refractivity contribution in [3.8, 4) is 11.4 Å². The van der Waals surface area contributed by atoms with Crippen molar-refractivity contribution in [2.24, 2.45) is 0 Å². The molecule has 0 spiro atoms. The fraction of sp³-hybridized carbons (Fsp3) is 0.333. The van der Waals surface area contributed by atoms with Gasteiger partial charge in [-0.15, -0.1) is 0 Å². The third-order valence-electron chi connectivity index (χ3n) is 2.85. The first-order chi connectivity index (χ1) is 8.24. The summed E-state index contributed by atoms with van der Waals surface area (Å²) in [5.74, 6) is 0.530. The van der Waals surface area contributed by atoms with Crippen LogP contribution in [0.5, 0.6) is 5.75 Å². The number of hydrogen-bond acceptors (Lipinski definition) is 3. The monoisotopic (exact) mass is 249 g/mol. The van der Waals surface area contributed by atoms with Crippen molar-refractivity contribution < 1.29 is 14.1 Å². The van der Waals surface area contributed by atoms with E-state index in [9.17, 15) is 9.36 Å². The fourth-order valence-electron chi connectivity index (χ4n) is 1.94. The van der Waals surface area contributed by atoms with E-state index >= 15 is 0 Å². The zero-order valence-corrected chi connectivity index (χ0v) is 10.4. The molecule has 0 saturated carbocycles. The second-order valence-electron chi connectivity index (χ2n) is 3.81. The molecule has 0 bridgehead atoms. The van der Waals surface area contributed by atoms with Crippen LogP contribution >= 0.6 is 7.92 Å². The van der Waals surface area contributed by atoms with Crippen LogP contribution in [-0.2, 0) is 22.3 Å². The van der Waals surface area contributed by atoms with Crippen LogP contribution in [-0.4, -0.2) is 24.5 Å². The van der Waals surface area contributed by atoms with E-state index in [1.807, 2.05) is 18.2 Å². The molecule has 0 aliphatic carbocycles. The van der Waals surface area contributed by atoms with Crippen LogP contribution in [0.3, 0.4) is 0 Å². The molecule has 0 aromatic heterocycles. The number of hydrogen-bond donors (Lipinski definition) is 0. The SMILES string of the molecule is COc1ccc2c(c1)CCN(C(=O)C#P=O)C2. The van der Waals surface area contributed by atoms with Gasteiger partial charge < -0.3 is 0 Å². The van der Waals surface area contributed by atoms with Crippen LogP contribution in [0.25, 0.3) is 0 Å². The van der Waals surface area contributed by atoms with Gasteiger partial charge in [0, 0.05) is 0 Å². The normalized spacial score (nSPS) is 13.6. The molecule has 17 heavy (non-hydrogen) atoms. The standard InChI is InChI=1S/C12H12NO3P/c1-16-11-3-2-10-7-13(12(14)8-17-15)5-4-9(10)6-11/h2-3,6H,4-5,7H2,1H3. The molecule has 0 radical (unpaired) electrons. The molecule has 0 atom stereocenters. The van der Waals surface area contributed by atoms with Gasteiger partial charge in [0.25, 0.3) is 0 Å². The van der Waals surface area contributed by atoms with Crippen LogP contribution in [0.1, 0.15) is 11.1 Å². The van der Waals surface area contributed by atoms with Crippen LogP contribution in [0, 0.1) is 5.63 Å². The average Bonchev–Trinajstić information content (AvgIpc) is 2.37. The van der Waals surface area contributed by atoms with Crippen molar-refractivity contribution in [1.29, 1.82) is 0 Å². The Morgan fingerprint density at radius 2 is 2.29 bits per heavy atom. The summed E-state index contributed by atoms with van der Waals surface area (Å²) in [4.78, 5) is 13.2. The number of carbonyl (C=O) groups excluding carboxylic acids is 1. The number of rotatable bonds is 1. The van der Waals surface area contributed by atoms with Crippen molar-refractivity contribution >= 4 is 13.8 Å². The van der Waals surface area contributed by atoms with Crippen molar-refractivity contribution in [1.82, 2.24) is 4.90 Å². The van der Waals surface area contributed by atoms with E-state index in [0.29, 0.717) is 13.1 Å². The van der Waals surface area contributed by atoms with Gasteiger partial charge in [-0.3, -0.25) is 0 Å². The van der Waals surface area contributed by atoms with Gasteiger partial charge in [0.1, 0.15) is 0 Å². The van der Waals surface area contributed by atoms with Gasteiger partial charge in [0.15, 0.2) is 0 Å². The maximum absolute atomic E-state index is 11.5. The molecule has 0 N–H and O–H groups in total. The fourth-order valence-corrected chi connectivity index (χ4v) is 2.16. The number of methoxy groups -OCH3 is 1. The summed E-state index contributed by atoms with van der Waals surface area (Å²) in [7, 11) is 1.28. The quantitative estimate of drug-likeness (QED) is 0.713. The van der Waals surface area contributed by atoms with E-state index < -0.39 is 0 Å². The zero-order chi connectivity index (χ0) is 12.3. The summed E-state index contributed by atoms with van der Waals surface area (Å²) in [6, 6.07) is 5.84. The Kier molecular flexibility index (Phi) is 3.68. The summed E-state index contributed by atoms with van der Waals surface area (Å²) in [5, 5.41) is 0. The number of fused-ring (bicyclic) bond motifs is 1. The maximum atomic E-state index is 11.5. The van der Waals surface area contributed by atoms with Crippen molar-refractivity contribution in [2.45, 2.75) is 13.0 Å². The summed E-state index contributed by atoms with van der Waals surface area (Å²) in [6.07, 6.45) is 0.787. The molecule has 1 aromatic rings. The number of ether oxygens (including phenoxy) is 1. The Hall–Kier alpha value is -1.50. The Labute approximate surface area is 101 Å². The van der Waals surface area contributed by atoms with Crippen molar-refractivity contribution in [2.75, 3.05) is 13.7 Å². The van der Waals surface area contributed by atoms with Crippen molar-refractivity contribution in [3.63, 3.8) is 0 Å². The zero-order valence-electron chi connectivity index (χ0n) is 9.47. The molecule has 0 fully saturated rings. The molecule has 1 amide bonds. The molecule has 88 valence electrons. The molecular weight excluding hydrogens is 237 g/mol. The number of benzene rings is 1. The number of nitrogens with zero attached hydrogens (tertiary/aromatic N) is 1. The molecule has 5 heteroatoms. The second-order valence-corrected chi connectivity index (χ2v) is 4.22. The van der Waals surface area contributed by atoms with Gasteiger partial charge in [0.05, 0.1) is 0 Å². The molecule has 0 saturated heterocycles. The Bertz CT molecular complexity index is 550. The van der Waals surface area contributed by atoms with Gasteiger partial charge in [-0.25, -0.2) is 0 Å². The van der Waals surface area contributed by atoms with Crippen molar-refractivity contribution in [3.05, 3.63) is 29.3 Å². The van der Waals surface area contributed by atoms with Gasteiger partial charge >= 0.3 is 100 Å². The van der Waals surface area contributed by atoms with E-state index in [-0.39, 0.29) is 13.8 Å². The van der Waals surface area contributed by atoms with Gasteiger partial charge in [-0.2, -0.15) is 0 Å². The van der Waals surface area contributed by atoms with E-state index in [1.54, 1.807) is 12.0 Å². The Morgan fingerprint density at radius 3 is 3.00 bits per heavy atom. The molecular formula is C12H12NO3P. The van der Waals surface area contributed by atoms with E-state index in [4.69, 9.17) is 4.74 Å². The number of amides is 1. The molecule has 1 aliphatic heterocycles. The summed E-state index contributed by atoms with van der Waals surface area (Å²) < 4.78 is 15.5. The molecule has 1 aromatic carbocycles. The van der Waals surface area contributed by atoms with Crippen LogP contribution in [0.15, 0.2) is 18.2 Å². The second kappa shape index (κ2) is 5.22.